The Bertz CT molecular complexity index is 313. The zero-order chi connectivity index (χ0) is 12.7. The second kappa shape index (κ2) is 7.27. The van der Waals surface area contributed by atoms with Gasteiger partial charge in [0, 0.05) is 6.04 Å². The average Bonchev–Trinajstić information content (AvgIpc) is 2.38. The monoisotopic (exact) mass is 239 g/mol. The summed E-state index contributed by atoms with van der Waals surface area (Å²) >= 11 is 0. The summed E-state index contributed by atoms with van der Waals surface area (Å²) in [6, 6.07) is 7.53. The van der Waals surface area contributed by atoms with Crippen LogP contribution in [0.15, 0.2) is 24.3 Å². The van der Waals surface area contributed by atoms with E-state index in [0.717, 1.165) is 11.3 Å². The van der Waals surface area contributed by atoms with E-state index in [4.69, 9.17) is 20.3 Å². The molecule has 1 rings (SSSR count). The molecular formula is C13H21NO3. The SMILES string of the molecule is COc1ccc(COC[C@@H](C)[C@@H](N)CO)cc1. The first kappa shape index (κ1) is 14.0. The van der Waals surface area contributed by atoms with Gasteiger partial charge >= 0.3 is 0 Å². The molecule has 0 aromatic heterocycles. The Morgan fingerprint density at radius 1 is 1.29 bits per heavy atom. The van der Waals surface area contributed by atoms with E-state index in [-0.39, 0.29) is 18.6 Å². The lowest BCUT2D eigenvalue weighted by Crippen LogP contribution is -2.34. The number of aliphatic hydroxyl groups excluding tert-OH is 1. The lowest BCUT2D eigenvalue weighted by Gasteiger charge is -2.17. The highest BCUT2D eigenvalue weighted by molar-refractivity contribution is 5.26. The van der Waals surface area contributed by atoms with Crippen molar-refractivity contribution in [3.8, 4) is 5.75 Å². The maximum atomic E-state index is 8.88. The van der Waals surface area contributed by atoms with Gasteiger partial charge < -0.3 is 20.3 Å². The second-order valence-corrected chi connectivity index (χ2v) is 4.19. The van der Waals surface area contributed by atoms with E-state index in [1.165, 1.54) is 0 Å². The van der Waals surface area contributed by atoms with Gasteiger partial charge in [0.2, 0.25) is 0 Å². The van der Waals surface area contributed by atoms with E-state index in [1.807, 2.05) is 31.2 Å². The summed E-state index contributed by atoms with van der Waals surface area (Å²) in [7, 11) is 1.64. The van der Waals surface area contributed by atoms with Crippen LogP contribution in [0.5, 0.6) is 5.75 Å². The normalized spacial score (nSPS) is 14.4. The van der Waals surface area contributed by atoms with E-state index < -0.39 is 0 Å². The number of nitrogens with two attached hydrogens (primary N) is 1. The molecule has 2 atom stereocenters. The Morgan fingerprint density at radius 2 is 1.94 bits per heavy atom. The van der Waals surface area contributed by atoms with Crippen molar-refractivity contribution in [2.24, 2.45) is 11.7 Å². The Morgan fingerprint density at radius 3 is 2.47 bits per heavy atom. The summed E-state index contributed by atoms with van der Waals surface area (Å²) < 4.78 is 10.6. The van der Waals surface area contributed by atoms with Crippen molar-refractivity contribution < 1.29 is 14.6 Å². The quantitative estimate of drug-likeness (QED) is 0.749. The molecule has 0 aliphatic heterocycles. The highest BCUT2D eigenvalue weighted by Gasteiger charge is 2.11. The number of benzene rings is 1. The van der Waals surface area contributed by atoms with Crippen LogP contribution in [0.2, 0.25) is 0 Å². The number of methoxy groups -OCH3 is 1. The first-order valence-corrected chi connectivity index (χ1v) is 5.74. The van der Waals surface area contributed by atoms with Crippen LogP contribution >= 0.6 is 0 Å². The molecule has 4 heteroatoms. The molecule has 0 aliphatic carbocycles. The Balaban J connectivity index is 2.30. The molecule has 0 unspecified atom stereocenters. The molecule has 1 aromatic rings. The maximum absolute atomic E-state index is 8.88. The molecule has 0 bridgehead atoms. The third-order valence-corrected chi connectivity index (χ3v) is 2.75. The van der Waals surface area contributed by atoms with Gasteiger partial charge in [-0.25, -0.2) is 0 Å². The third kappa shape index (κ3) is 4.73. The van der Waals surface area contributed by atoms with Crippen molar-refractivity contribution in [2.45, 2.75) is 19.6 Å². The van der Waals surface area contributed by atoms with Gasteiger partial charge in [-0.15, -0.1) is 0 Å². The summed E-state index contributed by atoms with van der Waals surface area (Å²) in [4.78, 5) is 0. The first-order chi connectivity index (χ1) is 8.17. The van der Waals surface area contributed by atoms with Crippen molar-refractivity contribution in [3.05, 3.63) is 29.8 Å². The zero-order valence-electron chi connectivity index (χ0n) is 10.4. The Hall–Kier alpha value is -1.10. The Kier molecular flexibility index (Phi) is 5.97. The number of ether oxygens (including phenoxy) is 2. The van der Waals surface area contributed by atoms with Crippen molar-refractivity contribution in [1.29, 1.82) is 0 Å². The fourth-order valence-electron chi connectivity index (χ4n) is 1.39. The highest BCUT2D eigenvalue weighted by atomic mass is 16.5. The van der Waals surface area contributed by atoms with Gasteiger partial charge in [-0.3, -0.25) is 0 Å². The largest absolute Gasteiger partial charge is 0.497 e. The van der Waals surface area contributed by atoms with Gasteiger partial charge in [0.1, 0.15) is 5.75 Å². The van der Waals surface area contributed by atoms with Gasteiger partial charge in [0.25, 0.3) is 0 Å². The molecule has 0 amide bonds. The molecule has 0 saturated carbocycles. The fourth-order valence-corrected chi connectivity index (χ4v) is 1.39. The molecule has 96 valence electrons. The number of aliphatic hydroxyl groups is 1. The van der Waals surface area contributed by atoms with Crippen LogP contribution in [-0.4, -0.2) is 31.5 Å². The van der Waals surface area contributed by atoms with Crippen molar-refractivity contribution in [3.63, 3.8) is 0 Å². The Labute approximate surface area is 102 Å². The summed E-state index contributed by atoms with van der Waals surface area (Å²) in [5.74, 6) is 0.989. The summed E-state index contributed by atoms with van der Waals surface area (Å²) in [5, 5.41) is 8.88. The summed E-state index contributed by atoms with van der Waals surface area (Å²) in [6.07, 6.45) is 0. The van der Waals surface area contributed by atoms with Crippen molar-refractivity contribution in [2.75, 3.05) is 20.3 Å². The van der Waals surface area contributed by atoms with Gasteiger partial charge in [-0.05, 0) is 23.6 Å². The van der Waals surface area contributed by atoms with Crippen LogP contribution in [0.3, 0.4) is 0 Å². The van der Waals surface area contributed by atoms with Crippen LogP contribution in [0.4, 0.5) is 0 Å². The van der Waals surface area contributed by atoms with Crippen LogP contribution in [0, 0.1) is 5.92 Å². The lowest BCUT2D eigenvalue weighted by atomic mass is 10.1. The fraction of sp³-hybridized carbons (Fsp3) is 0.538. The van der Waals surface area contributed by atoms with Crippen molar-refractivity contribution >= 4 is 0 Å². The van der Waals surface area contributed by atoms with E-state index in [1.54, 1.807) is 7.11 Å². The van der Waals surface area contributed by atoms with E-state index in [0.29, 0.717) is 13.2 Å². The maximum Gasteiger partial charge on any atom is 0.118 e. The molecule has 0 fully saturated rings. The van der Waals surface area contributed by atoms with Crippen LogP contribution in [-0.2, 0) is 11.3 Å². The molecule has 0 spiro atoms. The van der Waals surface area contributed by atoms with Crippen LogP contribution in [0.1, 0.15) is 12.5 Å². The molecule has 17 heavy (non-hydrogen) atoms. The predicted molar refractivity (Wildman–Crippen MR) is 66.9 cm³/mol. The molecular weight excluding hydrogens is 218 g/mol. The molecule has 0 saturated heterocycles. The average molecular weight is 239 g/mol. The molecule has 0 heterocycles. The predicted octanol–water partition coefficient (Wildman–Crippen LogP) is 1.17. The molecule has 0 aliphatic rings. The van der Waals surface area contributed by atoms with Gasteiger partial charge in [0.15, 0.2) is 0 Å². The first-order valence-electron chi connectivity index (χ1n) is 5.74. The number of rotatable bonds is 7. The van der Waals surface area contributed by atoms with Gasteiger partial charge in [-0.2, -0.15) is 0 Å². The van der Waals surface area contributed by atoms with E-state index >= 15 is 0 Å². The van der Waals surface area contributed by atoms with Crippen LogP contribution < -0.4 is 10.5 Å². The second-order valence-electron chi connectivity index (χ2n) is 4.19. The molecule has 3 N–H and O–H groups in total. The minimum Gasteiger partial charge on any atom is -0.497 e. The van der Waals surface area contributed by atoms with Crippen molar-refractivity contribution in [1.82, 2.24) is 0 Å². The van der Waals surface area contributed by atoms with E-state index in [9.17, 15) is 0 Å². The zero-order valence-corrected chi connectivity index (χ0v) is 10.4. The minimum absolute atomic E-state index is 0.00688. The third-order valence-electron chi connectivity index (χ3n) is 2.75. The highest BCUT2D eigenvalue weighted by Crippen LogP contribution is 2.12. The van der Waals surface area contributed by atoms with Gasteiger partial charge in [0.05, 0.1) is 26.9 Å². The minimum atomic E-state index is -0.217. The molecule has 0 radical (unpaired) electrons. The molecule has 4 nitrogen and oxygen atoms in total. The summed E-state index contributed by atoms with van der Waals surface area (Å²) in [6.45, 7) is 3.06. The molecule has 1 aromatic carbocycles. The number of hydrogen-bond acceptors (Lipinski definition) is 4. The standard InChI is InChI=1S/C13H21NO3/c1-10(13(14)7-15)8-17-9-11-3-5-12(16-2)6-4-11/h3-6,10,13,15H,7-9,14H2,1-2H3/t10-,13+/m1/s1. The smallest absolute Gasteiger partial charge is 0.118 e. The lowest BCUT2D eigenvalue weighted by molar-refractivity contribution is 0.0747. The van der Waals surface area contributed by atoms with Crippen LogP contribution in [0.25, 0.3) is 0 Å². The van der Waals surface area contributed by atoms with Gasteiger partial charge in [-0.1, -0.05) is 19.1 Å². The topological polar surface area (TPSA) is 64.7 Å². The number of hydrogen-bond donors (Lipinski definition) is 2. The van der Waals surface area contributed by atoms with E-state index in [2.05, 4.69) is 0 Å². The summed E-state index contributed by atoms with van der Waals surface area (Å²) in [5.41, 5.74) is 6.78.